The van der Waals surface area contributed by atoms with Gasteiger partial charge in [0.05, 0.1) is 5.02 Å². The van der Waals surface area contributed by atoms with Crippen LogP contribution < -0.4 is 10.5 Å². The second-order valence-electron chi connectivity index (χ2n) is 3.61. The van der Waals surface area contributed by atoms with Crippen molar-refractivity contribution in [2.24, 2.45) is 5.73 Å². The summed E-state index contributed by atoms with van der Waals surface area (Å²) in [5.74, 6) is 0.555. The molecule has 1 unspecified atom stereocenters. The predicted molar refractivity (Wildman–Crippen MR) is 57.6 cm³/mol. The standard InChI is InChI=1S/C10H15ClN2O/c1-3-10(2,12)7-14-9-5-4-8(11)6-13-9/h4-6H,3,7,12H2,1-2H3. The number of rotatable bonds is 4. The Kier molecular flexibility index (Phi) is 3.72. The number of hydrogen-bond acceptors (Lipinski definition) is 3. The van der Waals surface area contributed by atoms with Crippen LogP contribution in [0.5, 0.6) is 5.88 Å². The lowest BCUT2D eigenvalue weighted by Crippen LogP contribution is -2.41. The summed E-state index contributed by atoms with van der Waals surface area (Å²) in [6, 6.07) is 3.47. The van der Waals surface area contributed by atoms with E-state index in [0.717, 1.165) is 6.42 Å². The van der Waals surface area contributed by atoms with E-state index in [4.69, 9.17) is 22.1 Å². The molecule has 2 N–H and O–H groups in total. The number of halogens is 1. The van der Waals surface area contributed by atoms with Crippen LogP contribution in [0, 0.1) is 0 Å². The van der Waals surface area contributed by atoms with E-state index in [9.17, 15) is 0 Å². The highest BCUT2D eigenvalue weighted by atomic mass is 35.5. The lowest BCUT2D eigenvalue weighted by Gasteiger charge is -2.22. The van der Waals surface area contributed by atoms with Crippen molar-refractivity contribution in [1.29, 1.82) is 0 Å². The maximum absolute atomic E-state index is 5.91. The Morgan fingerprint density at radius 3 is 2.79 bits per heavy atom. The van der Waals surface area contributed by atoms with Crippen LogP contribution in [-0.4, -0.2) is 17.1 Å². The first-order chi connectivity index (χ1) is 6.53. The summed E-state index contributed by atoms with van der Waals surface area (Å²) in [6.07, 6.45) is 2.41. The molecular formula is C10H15ClN2O. The van der Waals surface area contributed by atoms with E-state index < -0.39 is 0 Å². The van der Waals surface area contributed by atoms with Crippen LogP contribution in [0.1, 0.15) is 20.3 Å². The molecule has 0 radical (unpaired) electrons. The first-order valence-electron chi connectivity index (χ1n) is 4.57. The van der Waals surface area contributed by atoms with Crippen LogP contribution in [0.4, 0.5) is 0 Å². The van der Waals surface area contributed by atoms with Gasteiger partial charge in [-0.2, -0.15) is 0 Å². The summed E-state index contributed by atoms with van der Waals surface area (Å²) >= 11 is 5.69. The molecule has 1 aromatic rings. The summed E-state index contributed by atoms with van der Waals surface area (Å²) < 4.78 is 5.42. The van der Waals surface area contributed by atoms with Crippen LogP contribution in [0.15, 0.2) is 18.3 Å². The van der Waals surface area contributed by atoms with Gasteiger partial charge in [0.25, 0.3) is 0 Å². The molecule has 0 amide bonds. The fourth-order valence-corrected chi connectivity index (χ4v) is 0.900. The number of hydrogen-bond donors (Lipinski definition) is 1. The Labute approximate surface area is 89.2 Å². The van der Waals surface area contributed by atoms with E-state index >= 15 is 0 Å². The molecule has 78 valence electrons. The zero-order valence-electron chi connectivity index (χ0n) is 8.46. The van der Waals surface area contributed by atoms with Gasteiger partial charge in [0.2, 0.25) is 5.88 Å². The Bertz CT molecular complexity index is 285. The number of pyridine rings is 1. The number of aromatic nitrogens is 1. The Balaban J connectivity index is 2.50. The van der Waals surface area contributed by atoms with Crippen LogP contribution in [-0.2, 0) is 0 Å². The van der Waals surface area contributed by atoms with Crippen LogP contribution in [0.25, 0.3) is 0 Å². The second-order valence-corrected chi connectivity index (χ2v) is 4.05. The van der Waals surface area contributed by atoms with Crippen molar-refractivity contribution in [2.75, 3.05) is 6.61 Å². The average molecular weight is 215 g/mol. The molecular weight excluding hydrogens is 200 g/mol. The van der Waals surface area contributed by atoms with Gasteiger partial charge in [0.15, 0.2) is 0 Å². The van der Waals surface area contributed by atoms with Crippen molar-refractivity contribution >= 4 is 11.6 Å². The molecule has 0 aromatic carbocycles. The van der Waals surface area contributed by atoms with Gasteiger partial charge in [-0.15, -0.1) is 0 Å². The van der Waals surface area contributed by atoms with Crippen molar-refractivity contribution in [1.82, 2.24) is 4.98 Å². The minimum atomic E-state index is -0.304. The van der Waals surface area contributed by atoms with E-state index in [-0.39, 0.29) is 5.54 Å². The monoisotopic (exact) mass is 214 g/mol. The molecule has 1 rings (SSSR count). The second kappa shape index (κ2) is 4.62. The minimum absolute atomic E-state index is 0.304. The molecule has 0 aliphatic rings. The summed E-state index contributed by atoms with van der Waals surface area (Å²) in [4.78, 5) is 4.01. The molecule has 3 nitrogen and oxygen atoms in total. The van der Waals surface area contributed by atoms with Crippen molar-refractivity contribution in [3.8, 4) is 5.88 Å². The summed E-state index contributed by atoms with van der Waals surface area (Å²) in [5, 5.41) is 0.600. The zero-order chi connectivity index (χ0) is 10.6. The highest BCUT2D eigenvalue weighted by molar-refractivity contribution is 6.30. The third-order valence-corrected chi connectivity index (χ3v) is 2.28. The van der Waals surface area contributed by atoms with Crippen molar-refractivity contribution in [3.63, 3.8) is 0 Å². The molecule has 0 spiro atoms. The first-order valence-corrected chi connectivity index (χ1v) is 4.94. The quantitative estimate of drug-likeness (QED) is 0.837. The third kappa shape index (κ3) is 3.52. The summed E-state index contributed by atoms with van der Waals surface area (Å²) in [5.41, 5.74) is 5.61. The van der Waals surface area contributed by atoms with Gasteiger partial charge in [0, 0.05) is 17.8 Å². The van der Waals surface area contributed by atoms with E-state index in [0.29, 0.717) is 17.5 Å². The summed E-state index contributed by atoms with van der Waals surface area (Å²) in [6.45, 7) is 4.43. The molecule has 0 saturated heterocycles. The Morgan fingerprint density at radius 2 is 2.29 bits per heavy atom. The molecule has 0 fully saturated rings. The Hall–Kier alpha value is -0.800. The largest absolute Gasteiger partial charge is 0.476 e. The van der Waals surface area contributed by atoms with Crippen LogP contribution >= 0.6 is 11.6 Å². The van der Waals surface area contributed by atoms with Gasteiger partial charge < -0.3 is 10.5 Å². The SMILES string of the molecule is CCC(C)(N)COc1ccc(Cl)cn1. The van der Waals surface area contributed by atoms with Crippen LogP contribution in [0.2, 0.25) is 5.02 Å². The summed E-state index contributed by atoms with van der Waals surface area (Å²) in [7, 11) is 0. The predicted octanol–water partition coefficient (Wildman–Crippen LogP) is 2.24. The fourth-order valence-electron chi connectivity index (χ4n) is 0.789. The van der Waals surface area contributed by atoms with Gasteiger partial charge in [0.1, 0.15) is 6.61 Å². The van der Waals surface area contributed by atoms with Crippen LogP contribution in [0.3, 0.4) is 0 Å². The third-order valence-electron chi connectivity index (χ3n) is 2.06. The molecule has 1 aromatic heterocycles. The molecule has 0 bridgehead atoms. The van der Waals surface area contributed by atoms with E-state index in [1.807, 2.05) is 13.8 Å². The number of nitrogens with zero attached hydrogens (tertiary/aromatic N) is 1. The molecule has 0 saturated carbocycles. The molecule has 4 heteroatoms. The maximum Gasteiger partial charge on any atom is 0.213 e. The van der Waals surface area contributed by atoms with Gasteiger partial charge in [-0.3, -0.25) is 0 Å². The lowest BCUT2D eigenvalue weighted by atomic mass is 10.0. The molecule has 1 atom stereocenters. The van der Waals surface area contributed by atoms with Gasteiger partial charge in [-0.05, 0) is 19.4 Å². The topological polar surface area (TPSA) is 48.1 Å². The lowest BCUT2D eigenvalue weighted by molar-refractivity contribution is 0.218. The fraction of sp³-hybridized carbons (Fsp3) is 0.500. The normalized spacial score (nSPS) is 14.9. The van der Waals surface area contributed by atoms with E-state index in [2.05, 4.69) is 4.98 Å². The van der Waals surface area contributed by atoms with E-state index in [1.165, 1.54) is 0 Å². The molecule has 14 heavy (non-hydrogen) atoms. The number of ether oxygens (including phenoxy) is 1. The molecule has 0 aliphatic heterocycles. The minimum Gasteiger partial charge on any atom is -0.476 e. The van der Waals surface area contributed by atoms with Gasteiger partial charge >= 0.3 is 0 Å². The maximum atomic E-state index is 5.91. The highest BCUT2D eigenvalue weighted by Gasteiger charge is 2.16. The zero-order valence-corrected chi connectivity index (χ0v) is 9.21. The first kappa shape index (κ1) is 11.3. The van der Waals surface area contributed by atoms with Gasteiger partial charge in [-0.1, -0.05) is 18.5 Å². The average Bonchev–Trinajstić information content (AvgIpc) is 2.17. The van der Waals surface area contributed by atoms with Crippen molar-refractivity contribution in [2.45, 2.75) is 25.8 Å². The smallest absolute Gasteiger partial charge is 0.213 e. The van der Waals surface area contributed by atoms with Crippen molar-refractivity contribution < 1.29 is 4.74 Å². The highest BCUT2D eigenvalue weighted by Crippen LogP contribution is 2.13. The molecule has 0 aliphatic carbocycles. The van der Waals surface area contributed by atoms with Crippen molar-refractivity contribution in [3.05, 3.63) is 23.4 Å². The number of nitrogens with two attached hydrogens (primary N) is 1. The Morgan fingerprint density at radius 1 is 1.57 bits per heavy atom. The van der Waals surface area contributed by atoms with Gasteiger partial charge in [-0.25, -0.2) is 4.98 Å². The van der Waals surface area contributed by atoms with E-state index in [1.54, 1.807) is 18.3 Å². The molecule has 1 heterocycles.